The van der Waals surface area contributed by atoms with Crippen LogP contribution in [-0.2, 0) is 9.59 Å². The number of amides is 2. The number of aryl methyl sites for hydroxylation is 2. The summed E-state index contributed by atoms with van der Waals surface area (Å²) in [5.41, 5.74) is 5.81. The van der Waals surface area contributed by atoms with Gasteiger partial charge in [-0.15, -0.1) is 0 Å². The number of benzene rings is 2. The van der Waals surface area contributed by atoms with Crippen LogP contribution >= 0.6 is 0 Å². The second kappa shape index (κ2) is 7.30. The first kappa shape index (κ1) is 17.7. The van der Waals surface area contributed by atoms with Crippen molar-refractivity contribution >= 4 is 23.2 Å². The quantitative estimate of drug-likeness (QED) is 0.927. The van der Waals surface area contributed by atoms with Crippen molar-refractivity contribution in [1.29, 1.82) is 0 Å². The zero-order valence-electron chi connectivity index (χ0n) is 14.9. The van der Waals surface area contributed by atoms with Crippen LogP contribution in [0.25, 0.3) is 0 Å². The summed E-state index contributed by atoms with van der Waals surface area (Å²) >= 11 is 0. The number of hydrogen-bond acceptors (Lipinski definition) is 2. The van der Waals surface area contributed by atoms with Gasteiger partial charge in [0.05, 0.1) is 0 Å². The van der Waals surface area contributed by atoms with Gasteiger partial charge in [0, 0.05) is 18.3 Å². The molecule has 0 saturated heterocycles. The average molecular weight is 324 g/mol. The Hall–Kier alpha value is -2.62. The molecule has 0 aliphatic heterocycles. The third kappa shape index (κ3) is 3.82. The summed E-state index contributed by atoms with van der Waals surface area (Å²) in [5.74, 6) is -0.361. The van der Waals surface area contributed by atoms with Crippen molar-refractivity contribution < 1.29 is 9.59 Å². The molecule has 0 aromatic heterocycles. The predicted molar refractivity (Wildman–Crippen MR) is 98.5 cm³/mol. The normalized spacial score (nSPS) is 10.4. The van der Waals surface area contributed by atoms with Crippen molar-refractivity contribution in [1.82, 2.24) is 0 Å². The van der Waals surface area contributed by atoms with Crippen LogP contribution in [0.2, 0.25) is 0 Å². The van der Waals surface area contributed by atoms with Crippen LogP contribution in [0.4, 0.5) is 11.4 Å². The number of hydrogen-bond donors (Lipinski definition) is 1. The fourth-order valence-electron chi connectivity index (χ4n) is 2.61. The number of carbonyl (C=O) groups is 2. The van der Waals surface area contributed by atoms with Crippen molar-refractivity contribution in [3.05, 3.63) is 58.7 Å². The third-order valence-corrected chi connectivity index (χ3v) is 4.43. The van der Waals surface area contributed by atoms with E-state index in [4.69, 9.17) is 0 Å². The summed E-state index contributed by atoms with van der Waals surface area (Å²) in [7, 11) is 0. The van der Waals surface area contributed by atoms with Crippen LogP contribution in [0.1, 0.15) is 29.2 Å². The van der Waals surface area contributed by atoms with E-state index in [0.717, 1.165) is 33.6 Å². The SMILES string of the molecule is CC(=O)N(CC(=O)Nc1cccc(C)c1C)c1cccc(C)c1C. The maximum absolute atomic E-state index is 12.5. The highest BCUT2D eigenvalue weighted by Gasteiger charge is 2.18. The standard InChI is InChI=1S/C20H24N2O2/c1-13-8-6-10-18(15(13)3)21-20(24)12-22(17(5)23)19-11-7-9-14(2)16(19)4/h6-11H,12H2,1-5H3,(H,21,24). The Morgan fingerprint density at radius 1 is 0.917 bits per heavy atom. The minimum absolute atomic E-state index is 0.00694. The molecule has 0 spiro atoms. The highest BCUT2D eigenvalue weighted by Crippen LogP contribution is 2.23. The van der Waals surface area contributed by atoms with Gasteiger partial charge in [-0.05, 0) is 62.1 Å². The Kier molecular flexibility index (Phi) is 5.39. The minimum atomic E-state index is -0.209. The van der Waals surface area contributed by atoms with E-state index in [9.17, 15) is 9.59 Å². The van der Waals surface area contributed by atoms with Crippen molar-refractivity contribution in [2.75, 3.05) is 16.8 Å². The number of nitrogens with zero attached hydrogens (tertiary/aromatic N) is 1. The summed E-state index contributed by atoms with van der Waals surface area (Å²) in [4.78, 5) is 26.0. The molecule has 4 heteroatoms. The lowest BCUT2D eigenvalue weighted by Gasteiger charge is -2.23. The molecule has 0 radical (unpaired) electrons. The molecule has 2 amide bonds. The molecule has 2 aromatic rings. The fourth-order valence-corrected chi connectivity index (χ4v) is 2.61. The molecule has 0 saturated carbocycles. The number of nitrogens with one attached hydrogen (secondary N) is 1. The van der Waals surface area contributed by atoms with Crippen LogP contribution in [0.5, 0.6) is 0 Å². The monoisotopic (exact) mass is 324 g/mol. The summed E-state index contributed by atoms with van der Waals surface area (Å²) in [6.07, 6.45) is 0. The van der Waals surface area contributed by atoms with E-state index in [1.54, 1.807) is 0 Å². The van der Waals surface area contributed by atoms with E-state index < -0.39 is 0 Å². The van der Waals surface area contributed by atoms with Crippen LogP contribution in [0.3, 0.4) is 0 Å². The summed E-state index contributed by atoms with van der Waals surface area (Å²) in [6, 6.07) is 11.5. The third-order valence-electron chi connectivity index (χ3n) is 4.43. The van der Waals surface area contributed by atoms with E-state index >= 15 is 0 Å². The van der Waals surface area contributed by atoms with Gasteiger partial charge in [-0.3, -0.25) is 9.59 Å². The van der Waals surface area contributed by atoms with Gasteiger partial charge in [0.15, 0.2) is 0 Å². The molecule has 2 aromatic carbocycles. The zero-order chi connectivity index (χ0) is 17.9. The number of anilines is 2. The first-order valence-corrected chi connectivity index (χ1v) is 8.01. The van der Waals surface area contributed by atoms with Crippen LogP contribution in [-0.4, -0.2) is 18.4 Å². The Morgan fingerprint density at radius 2 is 1.50 bits per heavy atom. The molecule has 0 heterocycles. The highest BCUT2D eigenvalue weighted by atomic mass is 16.2. The molecule has 0 bridgehead atoms. The van der Waals surface area contributed by atoms with Crippen LogP contribution < -0.4 is 10.2 Å². The maximum Gasteiger partial charge on any atom is 0.244 e. The van der Waals surface area contributed by atoms with Gasteiger partial charge in [-0.25, -0.2) is 0 Å². The molecule has 0 unspecified atom stereocenters. The second-order valence-corrected chi connectivity index (χ2v) is 6.12. The number of carbonyl (C=O) groups excluding carboxylic acids is 2. The van der Waals surface area contributed by atoms with Gasteiger partial charge in [-0.1, -0.05) is 24.3 Å². The minimum Gasteiger partial charge on any atom is -0.324 e. The van der Waals surface area contributed by atoms with Crippen molar-refractivity contribution in [3.8, 4) is 0 Å². The van der Waals surface area contributed by atoms with E-state index in [0.29, 0.717) is 0 Å². The molecule has 0 aliphatic carbocycles. The molecule has 0 aliphatic rings. The number of rotatable bonds is 4. The van der Waals surface area contributed by atoms with E-state index in [-0.39, 0.29) is 18.4 Å². The van der Waals surface area contributed by atoms with Crippen molar-refractivity contribution in [2.45, 2.75) is 34.6 Å². The molecule has 1 N–H and O–H groups in total. The van der Waals surface area contributed by atoms with Gasteiger partial charge in [0.2, 0.25) is 11.8 Å². The van der Waals surface area contributed by atoms with Gasteiger partial charge in [0.1, 0.15) is 6.54 Å². The second-order valence-electron chi connectivity index (χ2n) is 6.12. The summed E-state index contributed by atoms with van der Waals surface area (Å²) in [5, 5.41) is 2.91. The summed E-state index contributed by atoms with van der Waals surface area (Å²) in [6.45, 7) is 9.40. The first-order valence-electron chi connectivity index (χ1n) is 8.01. The average Bonchev–Trinajstić information content (AvgIpc) is 2.52. The molecular weight excluding hydrogens is 300 g/mol. The lowest BCUT2D eigenvalue weighted by Crippen LogP contribution is -2.37. The molecule has 0 fully saturated rings. The predicted octanol–water partition coefficient (Wildman–Crippen LogP) is 3.91. The molecule has 24 heavy (non-hydrogen) atoms. The maximum atomic E-state index is 12.5. The summed E-state index contributed by atoms with van der Waals surface area (Å²) < 4.78 is 0. The Balaban J connectivity index is 2.22. The zero-order valence-corrected chi connectivity index (χ0v) is 14.9. The smallest absolute Gasteiger partial charge is 0.244 e. The lowest BCUT2D eigenvalue weighted by molar-refractivity contribution is -0.120. The lowest BCUT2D eigenvalue weighted by atomic mass is 10.1. The van der Waals surface area contributed by atoms with Crippen LogP contribution in [0.15, 0.2) is 36.4 Å². The molecular formula is C20H24N2O2. The van der Waals surface area contributed by atoms with Gasteiger partial charge < -0.3 is 10.2 Å². The topological polar surface area (TPSA) is 49.4 Å². The fraction of sp³-hybridized carbons (Fsp3) is 0.300. The van der Waals surface area contributed by atoms with E-state index in [2.05, 4.69) is 5.32 Å². The Morgan fingerprint density at radius 3 is 2.12 bits per heavy atom. The largest absolute Gasteiger partial charge is 0.324 e. The van der Waals surface area contributed by atoms with E-state index in [1.807, 2.05) is 64.1 Å². The van der Waals surface area contributed by atoms with Crippen molar-refractivity contribution in [2.24, 2.45) is 0 Å². The van der Waals surface area contributed by atoms with Gasteiger partial charge >= 0.3 is 0 Å². The molecule has 126 valence electrons. The molecule has 0 atom stereocenters. The Labute approximate surface area is 143 Å². The molecule has 4 nitrogen and oxygen atoms in total. The van der Waals surface area contributed by atoms with Crippen molar-refractivity contribution in [3.63, 3.8) is 0 Å². The highest BCUT2D eigenvalue weighted by molar-refractivity contribution is 6.02. The van der Waals surface area contributed by atoms with Gasteiger partial charge in [0.25, 0.3) is 0 Å². The molecule has 2 rings (SSSR count). The van der Waals surface area contributed by atoms with Crippen LogP contribution in [0, 0.1) is 27.7 Å². The van der Waals surface area contributed by atoms with E-state index in [1.165, 1.54) is 11.8 Å². The Bertz CT molecular complexity index is 781. The first-order chi connectivity index (χ1) is 11.3. The van der Waals surface area contributed by atoms with Gasteiger partial charge in [-0.2, -0.15) is 0 Å².